The van der Waals surface area contributed by atoms with E-state index in [4.69, 9.17) is 5.26 Å². The fraction of sp³-hybridized carbons (Fsp3) is 0.500. The molecule has 0 radical (unpaired) electrons. The first-order valence-corrected chi connectivity index (χ1v) is 7.97. The molecule has 1 saturated carbocycles. The van der Waals surface area contributed by atoms with Gasteiger partial charge in [0.05, 0.1) is 16.5 Å². The van der Waals surface area contributed by atoms with Gasteiger partial charge in [0.2, 0.25) is 10.0 Å². The van der Waals surface area contributed by atoms with Crippen molar-refractivity contribution in [3.05, 3.63) is 29.3 Å². The number of benzene rings is 1. The number of sulfonamides is 1. The zero-order valence-electron chi connectivity index (χ0n) is 11.3. The molecule has 0 bridgehead atoms. The second-order valence-electron chi connectivity index (χ2n) is 4.94. The molecule has 2 rings (SSSR count). The van der Waals surface area contributed by atoms with E-state index in [1.54, 1.807) is 23.4 Å². The van der Waals surface area contributed by atoms with E-state index in [2.05, 4.69) is 0 Å². The fourth-order valence-electron chi connectivity index (χ4n) is 2.16. The molecule has 1 aliphatic rings. The van der Waals surface area contributed by atoms with E-state index >= 15 is 0 Å². The van der Waals surface area contributed by atoms with Crippen LogP contribution in [0.1, 0.15) is 37.3 Å². The Kier molecular flexibility index (Phi) is 3.93. The minimum absolute atomic E-state index is 0.148. The van der Waals surface area contributed by atoms with Crippen LogP contribution in [0, 0.1) is 18.3 Å². The van der Waals surface area contributed by atoms with Gasteiger partial charge in [0.15, 0.2) is 0 Å². The first kappa shape index (κ1) is 14.0. The quantitative estimate of drug-likeness (QED) is 0.831. The lowest BCUT2D eigenvalue weighted by molar-refractivity contribution is 0.403. The van der Waals surface area contributed by atoms with Gasteiger partial charge in [0.1, 0.15) is 0 Å². The molecular weight excluding hydrogens is 260 g/mol. The van der Waals surface area contributed by atoms with Gasteiger partial charge in [-0.2, -0.15) is 9.57 Å². The van der Waals surface area contributed by atoms with Crippen LogP contribution in [0.2, 0.25) is 0 Å². The van der Waals surface area contributed by atoms with E-state index in [0.717, 1.165) is 19.3 Å². The van der Waals surface area contributed by atoms with Crippen molar-refractivity contribution in [1.82, 2.24) is 4.31 Å². The average molecular weight is 278 g/mol. The van der Waals surface area contributed by atoms with Crippen LogP contribution in [0.15, 0.2) is 23.1 Å². The highest BCUT2D eigenvalue weighted by atomic mass is 32.2. The summed E-state index contributed by atoms with van der Waals surface area (Å²) in [6, 6.07) is 6.97. The SMILES string of the molecule is CCCN(C1CC1)S(=O)(=O)c1cc(C#N)ccc1C. The van der Waals surface area contributed by atoms with Gasteiger partial charge in [0.25, 0.3) is 0 Å². The molecule has 0 heterocycles. The third-order valence-corrected chi connectivity index (χ3v) is 5.40. The lowest BCUT2D eigenvalue weighted by atomic mass is 10.2. The maximum Gasteiger partial charge on any atom is 0.243 e. The van der Waals surface area contributed by atoms with Crippen LogP contribution in [0.5, 0.6) is 0 Å². The summed E-state index contributed by atoms with van der Waals surface area (Å²) in [5, 5.41) is 8.92. The average Bonchev–Trinajstić information content (AvgIpc) is 3.20. The summed E-state index contributed by atoms with van der Waals surface area (Å²) in [7, 11) is -3.48. The van der Waals surface area contributed by atoms with Crippen LogP contribution >= 0.6 is 0 Å². The van der Waals surface area contributed by atoms with Crippen molar-refractivity contribution in [2.75, 3.05) is 6.54 Å². The molecule has 0 unspecified atom stereocenters. The van der Waals surface area contributed by atoms with Crippen molar-refractivity contribution in [2.24, 2.45) is 0 Å². The molecule has 1 aliphatic carbocycles. The maximum absolute atomic E-state index is 12.7. The van der Waals surface area contributed by atoms with Gasteiger partial charge in [-0.25, -0.2) is 8.42 Å². The lowest BCUT2D eigenvalue weighted by Crippen LogP contribution is -2.34. The minimum atomic E-state index is -3.48. The van der Waals surface area contributed by atoms with Gasteiger partial charge < -0.3 is 0 Å². The molecule has 0 spiro atoms. The van der Waals surface area contributed by atoms with Gasteiger partial charge in [-0.3, -0.25) is 0 Å². The molecule has 0 amide bonds. The summed E-state index contributed by atoms with van der Waals surface area (Å²) in [5.41, 5.74) is 1.08. The topological polar surface area (TPSA) is 61.2 Å². The summed E-state index contributed by atoms with van der Waals surface area (Å²) in [6.07, 6.45) is 2.68. The number of nitriles is 1. The van der Waals surface area contributed by atoms with Crippen LogP contribution < -0.4 is 0 Å². The highest BCUT2D eigenvalue weighted by Gasteiger charge is 2.38. The Morgan fingerprint density at radius 3 is 2.63 bits per heavy atom. The van der Waals surface area contributed by atoms with E-state index in [1.165, 1.54) is 6.07 Å². The number of rotatable bonds is 5. The minimum Gasteiger partial charge on any atom is -0.207 e. The Morgan fingerprint density at radius 1 is 1.42 bits per heavy atom. The van der Waals surface area contributed by atoms with Crippen molar-refractivity contribution in [2.45, 2.75) is 44.0 Å². The highest BCUT2D eigenvalue weighted by Crippen LogP contribution is 2.33. The normalized spacial score (nSPS) is 15.5. The van der Waals surface area contributed by atoms with Crippen molar-refractivity contribution < 1.29 is 8.42 Å². The Bertz CT molecular complexity index is 613. The van der Waals surface area contributed by atoms with Crippen molar-refractivity contribution >= 4 is 10.0 Å². The Labute approximate surface area is 114 Å². The summed E-state index contributed by atoms with van der Waals surface area (Å²) in [6.45, 7) is 4.29. The third kappa shape index (κ3) is 2.80. The van der Waals surface area contributed by atoms with Crippen molar-refractivity contribution in [3.8, 4) is 6.07 Å². The molecule has 4 nitrogen and oxygen atoms in total. The fourth-order valence-corrected chi connectivity index (χ4v) is 4.19. The Hall–Kier alpha value is -1.38. The number of hydrogen-bond donors (Lipinski definition) is 0. The summed E-state index contributed by atoms with van der Waals surface area (Å²) in [5.74, 6) is 0. The molecule has 0 aliphatic heterocycles. The van der Waals surface area contributed by atoms with Gasteiger partial charge in [-0.15, -0.1) is 0 Å². The lowest BCUT2D eigenvalue weighted by Gasteiger charge is -2.22. The van der Waals surface area contributed by atoms with Gasteiger partial charge in [-0.05, 0) is 43.9 Å². The molecule has 1 fully saturated rings. The van der Waals surface area contributed by atoms with E-state index in [1.807, 2.05) is 13.0 Å². The van der Waals surface area contributed by atoms with Crippen molar-refractivity contribution in [1.29, 1.82) is 5.26 Å². The predicted molar refractivity (Wildman–Crippen MR) is 73.1 cm³/mol. The zero-order chi connectivity index (χ0) is 14.0. The van der Waals surface area contributed by atoms with Crippen molar-refractivity contribution in [3.63, 3.8) is 0 Å². The van der Waals surface area contributed by atoms with E-state index in [0.29, 0.717) is 17.7 Å². The summed E-state index contributed by atoms with van der Waals surface area (Å²) >= 11 is 0. The third-order valence-electron chi connectivity index (χ3n) is 3.30. The Balaban J connectivity index is 2.46. The van der Waals surface area contributed by atoms with Crippen LogP contribution in [0.25, 0.3) is 0 Å². The number of nitrogens with zero attached hydrogens (tertiary/aromatic N) is 2. The first-order valence-electron chi connectivity index (χ1n) is 6.53. The standard InChI is InChI=1S/C14H18N2O2S/c1-3-8-16(13-6-7-13)19(17,18)14-9-12(10-15)5-4-11(14)2/h4-5,9,13H,3,6-8H2,1-2H3. The second kappa shape index (κ2) is 5.32. The molecule has 102 valence electrons. The van der Waals surface area contributed by atoms with E-state index in [-0.39, 0.29) is 10.9 Å². The smallest absolute Gasteiger partial charge is 0.207 e. The highest BCUT2D eigenvalue weighted by molar-refractivity contribution is 7.89. The molecule has 0 N–H and O–H groups in total. The monoisotopic (exact) mass is 278 g/mol. The summed E-state index contributed by atoms with van der Waals surface area (Å²) < 4.78 is 27.0. The largest absolute Gasteiger partial charge is 0.243 e. The predicted octanol–water partition coefficient (Wildman–Crippen LogP) is 2.43. The number of aryl methyl sites for hydroxylation is 1. The zero-order valence-corrected chi connectivity index (χ0v) is 12.1. The first-order chi connectivity index (χ1) is 9.00. The molecule has 1 aromatic rings. The molecule has 1 aromatic carbocycles. The van der Waals surface area contributed by atoms with Gasteiger partial charge >= 0.3 is 0 Å². The van der Waals surface area contributed by atoms with Gasteiger partial charge in [0, 0.05) is 12.6 Å². The molecule has 0 atom stereocenters. The molecule has 0 aromatic heterocycles. The number of hydrogen-bond acceptors (Lipinski definition) is 3. The van der Waals surface area contributed by atoms with Crippen LogP contribution in [-0.4, -0.2) is 25.3 Å². The van der Waals surface area contributed by atoms with E-state index in [9.17, 15) is 8.42 Å². The van der Waals surface area contributed by atoms with E-state index < -0.39 is 10.0 Å². The molecule has 19 heavy (non-hydrogen) atoms. The summed E-state index contributed by atoms with van der Waals surface area (Å²) in [4.78, 5) is 0.270. The molecule has 5 heteroatoms. The van der Waals surface area contributed by atoms with Crippen LogP contribution in [0.4, 0.5) is 0 Å². The van der Waals surface area contributed by atoms with Crippen LogP contribution in [0.3, 0.4) is 0 Å². The van der Waals surface area contributed by atoms with Gasteiger partial charge in [-0.1, -0.05) is 13.0 Å². The second-order valence-corrected chi connectivity index (χ2v) is 6.80. The molecule has 0 saturated heterocycles. The van der Waals surface area contributed by atoms with Crippen LogP contribution in [-0.2, 0) is 10.0 Å². The molecular formula is C14H18N2O2S. The Morgan fingerprint density at radius 2 is 2.11 bits per heavy atom. The maximum atomic E-state index is 12.7.